The van der Waals surface area contributed by atoms with E-state index in [0.717, 1.165) is 37.9 Å². The summed E-state index contributed by atoms with van der Waals surface area (Å²) in [5.41, 5.74) is 1.05. The van der Waals surface area contributed by atoms with Crippen LogP contribution in [-0.2, 0) is 16.3 Å². The number of piperidine rings is 1. The number of halogens is 1. The van der Waals surface area contributed by atoms with E-state index < -0.39 is 9.84 Å². The maximum atomic E-state index is 13.3. The lowest BCUT2D eigenvalue weighted by molar-refractivity contribution is 0.193. The van der Waals surface area contributed by atoms with Gasteiger partial charge in [0.1, 0.15) is 5.82 Å². The highest BCUT2D eigenvalue weighted by Crippen LogP contribution is 2.22. The molecule has 1 heterocycles. The first-order chi connectivity index (χ1) is 12.0. The molecule has 3 nitrogen and oxygen atoms in total. The van der Waals surface area contributed by atoms with Gasteiger partial charge in [-0.25, -0.2) is 12.8 Å². The number of nitrogens with zero attached hydrogens (tertiary/aromatic N) is 1. The van der Waals surface area contributed by atoms with Crippen molar-refractivity contribution in [2.24, 2.45) is 5.92 Å². The Morgan fingerprint density at radius 3 is 2.40 bits per heavy atom. The molecule has 1 aliphatic heterocycles. The van der Waals surface area contributed by atoms with E-state index in [9.17, 15) is 12.8 Å². The first-order valence-electron chi connectivity index (χ1n) is 8.77. The molecule has 5 heteroatoms. The Morgan fingerprint density at radius 1 is 1.00 bits per heavy atom. The minimum Gasteiger partial charge on any atom is -0.302 e. The third kappa shape index (κ3) is 5.13. The van der Waals surface area contributed by atoms with E-state index >= 15 is 0 Å². The van der Waals surface area contributed by atoms with E-state index in [-0.39, 0.29) is 11.6 Å². The van der Waals surface area contributed by atoms with Gasteiger partial charge in [-0.1, -0.05) is 30.3 Å². The molecule has 2 aromatic rings. The van der Waals surface area contributed by atoms with Gasteiger partial charge in [0.2, 0.25) is 0 Å². The van der Waals surface area contributed by atoms with Gasteiger partial charge in [-0.15, -0.1) is 0 Å². The quantitative estimate of drug-likeness (QED) is 0.790. The van der Waals surface area contributed by atoms with Crippen LogP contribution in [0.3, 0.4) is 0 Å². The standard InChI is InChI=1S/C20H24FNO2S/c21-19-6-4-5-18(16-19)15-17-9-11-22(12-10-17)13-14-25(23,24)20-7-2-1-3-8-20/h1-8,16-17H,9-15H2. The Balaban J connectivity index is 1.46. The lowest BCUT2D eigenvalue weighted by atomic mass is 9.90. The van der Waals surface area contributed by atoms with Gasteiger partial charge in [0.25, 0.3) is 0 Å². The van der Waals surface area contributed by atoms with Gasteiger partial charge >= 0.3 is 0 Å². The van der Waals surface area contributed by atoms with Crippen LogP contribution in [-0.4, -0.2) is 38.7 Å². The fourth-order valence-electron chi connectivity index (χ4n) is 3.41. The lowest BCUT2D eigenvalue weighted by Gasteiger charge is -2.31. The first kappa shape index (κ1) is 18.1. The number of benzene rings is 2. The van der Waals surface area contributed by atoms with Crippen molar-refractivity contribution in [1.29, 1.82) is 0 Å². The molecule has 25 heavy (non-hydrogen) atoms. The zero-order valence-electron chi connectivity index (χ0n) is 14.3. The van der Waals surface area contributed by atoms with Crippen molar-refractivity contribution < 1.29 is 12.8 Å². The summed E-state index contributed by atoms with van der Waals surface area (Å²) in [5, 5.41) is 0. The predicted octanol–water partition coefficient (Wildman–Crippen LogP) is 3.55. The molecule has 0 aromatic heterocycles. The minimum atomic E-state index is -3.21. The summed E-state index contributed by atoms with van der Waals surface area (Å²) in [6, 6.07) is 15.5. The lowest BCUT2D eigenvalue weighted by Crippen LogP contribution is -2.37. The van der Waals surface area contributed by atoms with Crippen LogP contribution in [0.5, 0.6) is 0 Å². The number of rotatable bonds is 6. The summed E-state index contributed by atoms with van der Waals surface area (Å²) in [7, 11) is -3.21. The van der Waals surface area contributed by atoms with Gasteiger partial charge in [0.15, 0.2) is 9.84 Å². The van der Waals surface area contributed by atoms with Crippen LogP contribution in [0.15, 0.2) is 59.5 Å². The monoisotopic (exact) mass is 361 g/mol. The fraction of sp³-hybridized carbons (Fsp3) is 0.400. The molecule has 1 fully saturated rings. The predicted molar refractivity (Wildman–Crippen MR) is 97.8 cm³/mol. The van der Waals surface area contributed by atoms with Gasteiger partial charge in [-0.3, -0.25) is 0 Å². The molecular weight excluding hydrogens is 337 g/mol. The number of sulfone groups is 1. The molecule has 0 saturated carbocycles. The molecule has 1 aliphatic rings. The fourth-order valence-corrected chi connectivity index (χ4v) is 4.71. The summed E-state index contributed by atoms with van der Waals surface area (Å²) in [6.45, 7) is 2.39. The van der Waals surface area contributed by atoms with E-state index in [1.807, 2.05) is 12.1 Å². The Morgan fingerprint density at radius 2 is 1.72 bits per heavy atom. The summed E-state index contributed by atoms with van der Waals surface area (Å²) in [4.78, 5) is 2.62. The Kier molecular flexibility index (Phi) is 5.86. The molecule has 3 rings (SSSR count). The number of likely N-dealkylation sites (tertiary alicyclic amines) is 1. The Hall–Kier alpha value is -1.72. The van der Waals surface area contributed by atoms with Crippen molar-refractivity contribution >= 4 is 9.84 Å². The Labute approximate surface area is 149 Å². The molecule has 0 amide bonds. The van der Waals surface area contributed by atoms with Gasteiger partial charge in [0.05, 0.1) is 10.6 Å². The van der Waals surface area contributed by atoms with E-state index in [1.54, 1.807) is 36.4 Å². The molecule has 0 N–H and O–H groups in total. The average molecular weight is 361 g/mol. The van der Waals surface area contributed by atoms with E-state index in [0.29, 0.717) is 17.4 Å². The number of hydrogen-bond acceptors (Lipinski definition) is 3. The SMILES string of the molecule is O=S(=O)(CCN1CCC(Cc2cccc(F)c2)CC1)c1ccccc1. The van der Waals surface area contributed by atoms with Crippen molar-refractivity contribution in [2.75, 3.05) is 25.4 Å². The zero-order chi connectivity index (χ0) is 17.7. The average Bonchev–Trinajstić information content (AvgIpc) is 2.62. The van der Waals surface area contributed by atoms with E-state index in [1.165, 1.54) is 6.07 Å². The van der Waals surface area contributed by atoms with Gasteiger partial charge in [-0.2, -0.15) is 0 Å². The molecule has 0 unspecified atom stereocenters. The zero-order valence-corrected chi connectivity index (χ0v) is 15.1. The van der Waals surface area contributed by atoms with Crippen LogP contribution in [0.4, 0.5) is 4.39 Å². The third-order valence-electron chi connectivity index (χ3n) is 4.90. The van der Waals surface area contributed by atoms with Gasteiger partial charge < -0.3 is 4.90 Å². The van der Waals surface area contributed by atoms with Crippen molar-refractivity contribution in [3.8, 4) is 0 Å². The molecule has 0 atom stereocenters. The second-order valence-corrected chi connectivity index (χ2v) is 8.86. The van der Waals surface area contributed by atoms with Crippen molar-refractivity contribution in [3.05, 3.63) is 66.0 Å². The Bertz CT molecular complexity index is 784. The highest BCUT2D eigenvalue weighted by Gasteiger charge is 2.22. The van der Waals surface area contributed by atoms with Gasteiger partial charge in [-0.05, 0) is 68.1 Å². The van der Waals surface area contributed by atoms with Crippen molar-refractivity contribution in [1.82, 2.24) is 4.90 Å². The summed E-state index contributed by atoms with van der Waals surface area (Å²) in [6.07, 6.45) is 2.96. The molecule has 0 bridgehead atoms. The van der Waals surface area contributed by atoms with Crippen LogP contribution in [0.1, 0.15) is 18.4 Å². The summed E-state index contributed by atoms with van der Waals surface area (Å²) >= 11 is 0. The minimum absolute atomic E-state index is 0.158. The molecule has 1 saturated heterocycles. The van der Waals surface area contributed by atoms with Crippen molar-refractivity contribution in [3.63, 3.8) is 0 Å². The highest BCUT2D eigenvalue weighted by atomic mass is 32.2. The van der Waals surface area contributed by atoms with Crippen LogP contribution in [0.2, 0.25) is 0 Å². The normalized spacial score (nSPS) is 16.8. The molecule has 0 radical (unpaired) electrons. The second kappa shape index (κ2) is 8.11. The van der Waals surface area contributed by atoms with E-state index in [4.69, 9.17) is 0 Å². The molecule has 2 aromatic carbocycles. The van der Waals surface area contributed by atoms with Crippen LogP contribution < -0.4 is 0 Å². The molecule has 134 valence electrons. The van der Waals surface area contributed by atoms with E-state index in [2.05, 4.69) is 4.90 Å². The second-order valence-electron chi connectivity index (χ2n) is 6.75. The number of hydrogen-bond donors (Lipinski definition) is 0. The smallest absolute Gasteiger partial charge is 0.179 e. The summed E-state index contributed by atoms with van der Waals surface area (Å²) < 4.78 is 38.0. The molecular formula is C20H24FNO2S. The van der Waals surface area contributed by atoms with Crippen LogP contribution in [0.25, 0.3) is 0 Å². The molecule has 0 spiro atoms. The van der Waals surface area contributed by atoms with Gasteiger partial charge in [0, 0.05) is 6.54 Å². The molecule has 0 aliphatic carbocycles. The first-order valence-corrected chi connectivity index (χ1v) is 10.4. The highest BCUT2D eigenvalue weighted by molar-refractivity contribution is 7.91. The largest absolute Gasteiger partial charge is 0.302 e. The summed E-state index contributed by atoms with van der Waals surface area (Å²) in [5.74, 6) is 0.524. The maximum Gasteiger partial charge on any atom is 0.179 e. The van der Waals surface area contributed by atoms with Crippen molar-refractivity contribution in [2.45, 2.75) is 24.2 Å². The van der Waals surface area contributed by atoms with Crippen LogP contribution in [0, 0.1) is 11.7 Å². The third-order valence-corrected chi connectivity index (χ3v) is 6.61. The topological polar surface area (TPSA) is 37.4 Å². The maximum absolute atomic E-state index is 13.3. The van der Waals surface area contributed by atoms with Crippen LogP contribution >= 0.6 is 0 Å².